The van der Waals surface area contributed by atoms with E-state index < -0.39 is 0 Å². The normalized spacial score (nSPS) is 44.4. The molecule has 4 aliphatic carbocycles. The van der Waals surface area contributed by atoms with Crippen LogP contribution in [0, 0.1) is 63.6 Å². The highest BCUT2D eigenvalue weighted by atomic mass is 16.6. The van der Waals surface area contributed by atoms with Crippen molar-refractivity contribution in [2.24, 2.45) is 52.3 Å². The van der Waals surface area contributed by atoms with Crippen LogP contribution in [0.4, 0.5) is 0 Å². The van der Waals surface area contributed by atoms with Crippen LogP contribution in [0.3, 0.4) is 0 Å². The Labute approximate surface area is 228 Å². The molecule has 0 saturated heterocycles. The van der Waals surface area contributed by atoms with Crippen LogP contribution in [0.5, 0.6) is 0 Å². The fourth-order valence-corrected chi connectivity index (χ4v) is 10.3. The van der Waals surface area contributed by atoms with Crippen molar-refractivity contribution in [1.82, 2.24) is 0 Å². The fourth-order valence-electron chi connectivity index (χ4n) is 10.3. The number of carbonyl (C=O) groups excluding carboxylic acids is 3. The van der Waals surface area contributed by atoms with Gasteiger partial charge in [-0.2, -0.15) is 5.26 Å². The number of carbonyl (C=O) groups is 3. The Morgan fingerprint density at radius 3 is 2.18 bits per heavy atom. The maximum Gasteiger partial charge on any atom is 0.302 e. The summed E-state index contributed by atoms with van der Waals surface area (Å²) in [7, 11) is 0. The standard InChI is InChI=1S/C31H47NO6/c1-8-22-25-15-21(36-18(3)33)11-13-30(25,6)28-26(37-19(4)34)16-31(7)23(17(2)12-14-32)9-10-24(31)27(28)29(22)38-20(5)35/h17,21-29H,8-13,15-16H2,1-7H3/t17-,21-,22-,23-,24?,25+,26+,27?,28?,29-,30+,31-/m1/s1. The number of nitriles is 1. The Morgan fingerprint density at radius 1 is 0.947 bits per heavy atom. The van der Waals surface area contributed by atoms with Gasteiger partial charge in [-0.15, -0.1) is 0 Å². The molecule has 0 spiro atoms. The van der Waals surface area contributed by atoms with E-state index in [0.29, 0.717) is 18.3 Å². The summed E-state index contributed by atoms with van der Waals surface area (Å²) in [6.45, 7) is 13.5. The van der Waals surface area contributed by atoms with E-state index in [0.717, 1.165) is 44.9 Å². The van der Waals surface area contributed by atoms with E-state index in [1.807, 2.05) is 0 Å². The Bertz CT molecular complexity index is 974. The van der Waals surface area contributed by atoms with Gasteiger partial charge in [-0.25, -0.2) is 0 Å². The van der Waals surface area contributed by atoms with Crippen molar-refractivity contribution in [3.05, 3.63) is 0 Å². The van der Waals surface area contributed by atoms with E-state index in [2.05, 4.69) is 33.8 Å². The summed E-state index contributed by atoms with van der Waals surface area (Å²) in [5, 5.41) is 9.47. The molecule has 4 rings (SSSR count). The molecule has 4 saturated carbocycles. The smallest absolute Gasteiger partial charge is 0.302 e. The summed E-state index contributed by atoms with van der Waals surface area (Å²) in [6, 6.07) is 2.38. The first-order valence-electron chi connectivity index (χ1n) is 14.8. The Kier molecular flexibility index (Phi) is 8.22. The van der Waals surface area contributed by atoms with Gasteiger partial charge in [0.05, 0.1) is 6.07 Å². The maximum absolute atomic E-state index is 12.6. The first-order valence-corrected chi connectivity index (χ1v) is 14.8. The molecule has 38 heavy (non-hydrogen) atoms. The molecule has 0 heterocycles. The lowest BCUT2D eigenvalue weighted by Crippen LogP contribution is -2.67. The predicted molar refractivity (Wildman–Crippen MR) is 141 cm³/mol. The zero-order chi connectivity index (χ0) is 28.0. The van der Waals surface area contributed by atoms with E-state index >= 15 is 0 Å². The highest BCUT2D eigenvalue weighted by Crippen LogP contribution is 2.70. The summed E-state index contributed by atoms with van der Waals surface area (Å²) in [5.74, 6) is 0.603. The van der Waals surface area contributed by atoms with Gasteiger partial charge in [-0.05, 0) is 85.4 Å². The van der Waals surface area contributed by atoms with Gasteiger partial charge in [-0.1, -0.05) is 27.7 Å². The minimum absolute atomic E-state index is 0.0601. The third-order valence-corrected chi connectivity index (χ3v) is 11.4. The number of hydrogen-bond acceptors (Lipinski definition) is 7. The van der Waals surface area contributed by atoms with Crippen molar-refractivity contribution in [3.63, 3.8) is 0 Å². The van der Waals surface area contributed by atoms with Crippen molar-refractivity contribution < 1.29 is 28.6 Å². The molecular formula is C31H47NO6. The first-order chi connectivity index (χ1) is 17.9. The van der Waals surface area contributed by atoms with Crippen LogP contribution in [0.15, 0.2) is 0 Å². The summed E-state index contributed by atoms with van der Waals surface area (Å²) in [4.78, 5) is 36.9. The number of nitrogens with zero attached hydrogens (tertiary/aromatic N) is 1. The lowest BCUT2D eigenvalue weighted by atomic mass is 9.40. The molecule has 0 bridgehead atoms. The zero-order valence-electron chi connectivity index (χ0n) is 24.3. The van der Waals surface area contributed by atoms with Gasteiger partial charge in [0.15, 0.2) is 0 Å². The van der Waals surface area contributed by atoms with Crippen molar-refractivity contribution in [2.75, 3.05) is 0 Å². The van der Waals surface area contributed by atoms with Gasteiger partial charge < -0.3 is 14.2 Å². The van der Waals surface area contributed by atoms with Crippen LogP contribution >= 0.6 is 0 Å². The third kappa shape index (κ3) is 4.86. The van der Waals surface area contributed by atoms with E-state index in [9.17, 15) is 19.6 Å². The second-order valence-electron chi connectivity index (χ2n) is 13.4. The summed E-state index contributed by atoms with van der Waals surface area (Å²) in [6.07, 6.45) is 5.96. The number of esters is 3. The highest BCUT2D eigenvalue weighted by Gasteiger charge is 2.69. The van der Waals surface area contributed by atoms with Gasteiger partial charge in [0, 0.05) is 39.0 Å². The SMILES string of the molecule is CC[C@H]1[C@@H](OC(C)=O)C2C3CC[C@H]([C@H](C)CC#N)[C@@]3(C)C[C@H](OC(C)=O)C2[C@@]2(C)CC[C@@H](OC(C)=O)C[C@@H]12. The van der Waals surface area contributed by atoms with Crippen molar-refractivity contribution >= 4 is 17.9 Å². The number of ether oxygens (including phenoxy) is 3. The van der Waals surface area contributed by atoms with E-state index in [1.165, 1.54) is 20.8 Å². The number of rotatable bonds is 6. The van der Waals surface area contributed by atoms with E-state index in [4.69, 9.17) is 14.2 Å². The molecular weight excluding hydrogens is 482 g/mol. The minimum atomic E-state index is -0.276. The molecule has 7 nitrogen and oxygen atoms in total. The van der Waals surface area contributed by atoms with Crippen LogP contribution in [0.2, 0.25) is 0 Å². The third-order valence-electron chi connectivity index (χ3n) is 11.4. The first kappa shape index (κ1) is 28.9. The predicted octanol–water partition coefficient (Wildman–Crippen LogP) is 5.85. The second kappa shape index (κ2) is 10.8. The molecule has 0 N–H and O–H groups in total. The Hall–Kier alpha value is -2.10. The molecule has 0 aromatic carbocycles. The van der Waals surface area contributed by atoms with Crippen LogP contribution < -0.4 is 0 Å². The second-order valence-corrected chi connectivity index (χ2v) is 13.4. The summed E-state index contributed by atoms with van der Waals surface area (Å²) < 4.78 is 18.2. The fraction of sp³-hybridized carbons (Fsp3) is 0.871. The molecule has 4 fully saturated rings. The average molecular weight is 530 g/mol. The lowest BCUT2D eigenvalue weighted by Gasteiger charge is -2.66. The molecule has 0 aromatic rings. The Morgan fingerprint density at radius 2 is 1.61 bits per heavy atom. The lowest BCUT2D eigenvalue weighted by molar-refractivity contribution is -0.248. The molecule has 4 aliphatic rings. The van der Waals surface area contributed by atoms with Crippen molar-refractivity contribution in [2.45, 2.75) is 118 Å². The average Bonchev–Trinajstić information content (AvgIpc) is 3.15. The zero-order valence-corrected chi connectivity index (χ0v) is 24.3. The quantitative estimate of drug-likeness (QED) is 0.314. The largest absolute Gasteiger partial charge is 0.463 e. The molecule has 0 radical (unpaired) electrons. The van der Waals surface area contributed by atoms with Crippen LogP contribution in [-0.4, -0.2) is 36.2 Å². The minimum Gasteiger partial charge on any atom is -0.463 e. The molecule has 0 amide bonds. The van der Waals surface area contributed by atoms with E-state index in [-0.39, 0.29) is 76.6 Å². The van der Waals surface area contributed by atoms with Gasteiger partial charge in [0.2, 0.25) is 0 Å². The molecule has 3 unspecified atom stereocenters. The monoisotopic (exact) mass is 529 g/mol. The number of hydrogen-bond donors (Lipinski definition) is 0. The van der Waals surface area contributed by atoms with Gasteiger partial charge >= 0.3 is 17.9 Å². The molecule has 0 aromatic heterocycles. The van der Waals surface area contributed by atoms with Crippen LogP contribution in [0.1, 0.15) is 99.8 Å². The number of fused-ring (bicyclic) bond motifs is 5. The molecule has 7 heteroatoms. The van der Waals surface area contributed by atoms with Gasteiger partial charge in [-0.3, -0.25) is 14.4 Å². The molecule has 0 aliphatic heterocycles. The topological polar surface area (TPSA) is 103 Å². The van der Waals surface area contributed by atoms with Crippen molar-refractivity contribution in [1.29, 1.82) is 5.26 Å². The highest BCUT2D eigenvalue weighted by molar-refractivity contribution is 5.67. The van der Waals surface area contributed by atoms with Gasteiger partial charge in [0.25, 0.3) is 0 Å². The van der Waals surface area contributed by atoms with Crippen LogP contribution in [-0.2, 0) is 28.6 Å². The van der Waals surface area contributed by atoms with Gasteiger partial charge in [0.1, 0.15) is 18.3 Å². The summed E-state index contributed by atoms with van der Waals surface area (Å²) in [5.41, 5.74) is -0.233. The van der Waals surface area contributed by atoms with E-state index in [1.54, 1.807) is 0 Å². The molecule has 212 valence electrons. The van der Waals surface area contributed by atoms with Crippen LogP contribution in [0.25, 0.3) is 0 Å². The maximum atomic E-state index is 12.6. The molecule has 12 atom stereocenters. The Balaban J connectivity index is 1.83. The van der Waals surface area contributed by atoms with Crippen molar-refractivity contribution in [3.8, 4) is 6.07 Å². The summed E-state index contributed by atoms with van der Waals surface area (Å²) >= 11 is 0.